The maximum atomic E-state index is 6.09. The summed E-state index contributed by atoms with van der Waals surface area (Å²) in [6.07, 6.45) is 0. The highest BCUT2D eigenvalue weighted by atomic mass is 127. The molecule has 0 bridgehead atoms. The van der Waals surface area contributed by atoms with Crippen LogP contribution >= 0.6 is 38.5 Å². The highest BCUT2D eigenvalue weighted by Crippen LogP contribution is 2.36. The van der Waals surface area contributed by atoms with Crippen LogP contribution in [0.1, 0.15) is 0 Å². The minimum Gasteiger partial charge on any atom is -0.455 e. The lowest BCUT2D eigenvalue weighted by Gasteiger charge is -2.04. The van der Waals surface area contributed by atoms with Crippen molar-refractivity contribution in [1.82, 2.24) is 0 Å². The second-order valence-corrected chi connectivity index (χ2v) is 6.93. The molecule has 4 aromatic rings. The SMILES string of the molecule is Brc1cc(-c2cccc3c2oc2ccccc23)ccc1I. The van der Waals surface area contributed by atoms with Crippen molar-refractivity contribution in [2.24, 2.45) is 0 Å². The van der Waals surface area contributed by atoms with E-state index >= 15 is 0 Å². The van der Waals surface area contributed by atoms with Gasteiger partial charge in [0.25, 0.3) is 0 Å². The van der Waals surface area contributed by atoms with Gasteiger partial charge in [0.2, 0.25) is 0 Å². The summed E-state index contributed by atoms with van der Waals surface area (Å²) >= 11 is 5.92. The molecule has 0 radical (unpaired) electrons. The smallest absolute Gasteiger partial charge is 0.143 e. The van der Waals surface area contributed by atoms with Crippen LogP contribution in [0, 0.1) is 3.57 Å². The zero-order valence-electron chi connectivity index (χ0n) is 10.9. The molecule has 0 spiro atoms. The minimum atomic E-state index is 0.935. The Morgan fingerprint density at radius 3 is 2.52 bits per heavy atom. The summed E-state index contributed by atoms with van der Waals surface area (Å²) in [5.74, 6) is 0. The van der Waals surface area contributed by atoms with Gasteiger partial charge in [0.1, 0.15) is 11.2 Å². The van der Waals surface area contributed by atoms with Crippen LogP contribution in [0.15, 0.2) is 69.6 Å². The molecule has 4 rings (SSSR count). The van der Waals surface area contributed by atoms with Gasteiger partial charge in [-0.15, -0.1) is 0 Å². The van der Waals surface area contributed by atoms with Crippen molar-refractivity contribution >= 4 is 60.5 Å². The molecule has 3 aromatic carbocycles. The maximum absolute atomic E-state index is 6.09. The molecule has 0 amide bonds. The van der Waals surface area contributed by atoms with E-state index in [4.69, 9.17) is 4.42 Å². The molecule has 0 unspecified atom stereocenters. The Labute approximate surface area is 144 Å². The summed E-state index contributed by atoms with van der Waals surface area (Å²) in [6, 6.07) is 20.9. The van der Waals surface area contributed by atoms with E-state index in [1.165, 1.54) is 8.96 Å². The van der Waals surface area contributed by atoms with E-state index in [2.05, 4.69) is 81.0 Å². The van der Waals surface area contributed by atoms with E-state index in [0.29, 0.717) is 0 Å². The maximum Gasteiger partial charge on any atom is 0.143 e. The topological polar surface area (TPSA) is 13.1 Å². The van der Waals surface area contributed by atoms with Crippen molar-refractivity contribution in [3.05, 3.63) is 68.7 Å². The van der Waals surface area contributed by atoms with Crippen LogP contribution in [0.4, 0.5) is 0 Å². The van der Waals surface area contributed by atoms with Crippen LogP contribution in [0.2, 0.25) is 0 Å². The zero-order valence-corrected chi connectivity index (χ0v) is 14.7. The first kappa shape index (κ1) is 13.3. The number of halogens is 2. The van der Waals surface area contributed by atoms with Gasteiger partial charge in [-0.05, 0) is 62.3 Å². The highest BCUT2D eigenvalue weighted by Gasteiger charge is 2.12. The van der Waals surface area contributed by atoms with Crippen molar-refractivity contribution in [1.29, 1.82) is 0 Å². The largest absolute Gasteiger partial charge is 0.455 e. The normalized spacial score (nSPS) is 11.3. The number of fused-ring (bicyclic) bond motifs is 3. The van der Waals surface area contributed by atoms with Crippen LogP contribution in [0.5, 0.6) is 0 Å². The quantitative estimate of drug-likeness (QED) is 0.298. The summed E-state index contributed by atoms with van der Waals surface area (Å²) in [7, 11) is 0. The fraction of sp³-hybridized carbons (Fsp3) is 0. The first-order valence-electron chi connectivity index (χ1n) is 6.60. The molecule has 0 saturated heterocycles. The van der Waals surface area contributed by atoms with E-state index in [1.54, 1.807) is 0 Å². The van der Waals surface area contributed by atoms with Gasteiger partial charge in [-0.25, -0.2) is 0 Å². The molecule has 0 saturated carbocycles. The van der Waals surface area contributed by atoms with E-state index in [-0.39, 0.29) is 0 Å². The number of benzene rings is 3. The van der Waals surface area contributed by atoms with Crippen LogP contribution < -0.4 is 0 Å². The van der Waals surface area contributed by atoms with Gasteiger partial charge in [0.05, 0.1) is 0 Å². The Balaban J connectivity index is 2.06. The molecular formula is C18H10BrIO. The number of para-hydroxylation sites is 2. The molecule has 1 nitrogen and oxygen atoms in total. The summed E-state index contributed by atoms with van der Waals surface area (Å²) in [5.41, 5.74) is 4.17. The van der Waals surface area contributed by atoms with Crippen molar-refractivity contribution < 1.29 is 4.42 Å². The standard InChI is InChI=1S/C18H10BrIO/c19-15-10-11(8-9-16(15)20)12-5-3-6-14-13-4-1-2-7-17(13)21-18(12)14/h1-10H. The lowest BCUT2D eigenvalue weighted by atomic mass is 10.0. The van der Waals surface area contributed by atoms with Crippen LogP contribution in [-0.4, -0.2) is 0 Å². The summed E-state index contributed by atoms with van der Waals surface area (Å²) in [5, 5.41) is 2.33. The molecule has 0 aliphatic rings. The molecule has 0 atom stereocenters. The van der Waals surface area contributed by atoms with Gasteiger partial charge in [0.15, 0.2) is 0 Å². The molecule has 0 aliphatic carbocycles. The third kappa shape index (κ3) is 2.19. The zero-order chi connectivity index (χ0) is 14.4. The van der Waals surface area contributed by atoms with Crippen molar-refractivity contribution in [3.63, 3.8) is 0 Å². The first-order valence-corrected chi connectivity index (χ1v) is 8.47. The molecule has 102 valence electrons. The Hall–Kier alpha value is -1.33. The van der Waals surface area contributed by atoms with Gasteiger partial charge >= 0.3 is 0 Å². The van der Waals surface area contributed by atoms with Crippen LogP contribution in [0.3, 0.4) is 0 Å². The van der Waals surface area contributed by atoms with Crippen molar-refractivity contribution in [2.75, 3.05) is 0 Å². The number of hydrogen-bond acceptors (Lipinski definition) is 1. The van der Waals surface area contributed by atoms with Crippen molar-refractivity contribution in [3.8, 4) is 11.1 Å². The fourth-order valence-electron chi connectivity index (χ4n) is 2.64. The fourth-order valence-corrected chi connectivity index (χ4v) is 3.35. The third-order valence-corrected chi connectivity index (χ3v) is 5.97. The molecular weight excluding hydrogens is 439 g/mol. The van der Waals surface area contributed by atoms with E-state index in [0.717, 1.165) is 32.2 Å². The number of rotatable bonds is 1. The Bertz CT molecular complexity index is 971. The van der Waals surface area contributed by atoms with Gasteiger partial charge in [-0.3, -0.25) is 0 Å². The molecule has 3 heteroatoms. The van der Waals surface area contributed by atoms with E-state index in [1.807, 2.05) is 18.2 Å². The first-order chi connectivity index (χ1) is 10.2. The van der Waals surface area contributed by atoms with Gasteiger partial charge in [-0.2, -0.15) is 0 Å². The predicted octanol–water partition coefficient (Wildman–Crippen LogP) is 6.62. The third-order valence-electron chi connectivity index (χ3n) is 3.63. The minimum absolute atomic E-state index is 0.935. The van der Waals surface area contributed by atoms with Gasteiger partial charge in [-0.1, -0.05) is 42.5 Å². The summed E-state index contributed by atoms with van der Waals surface area (Å²) in [6.45, 7) is 0. The summed E-state index contributed by atoms with van der Waals surface area (Å²) < 4.78 is 8.40. The van der Waals surface area contributed by atoms with Crippen molar-refractivity contribution in [2.45, 2.75) is 0 Å². The molecule has 1 heterocycles. The molecule has 0 aliphatic heterocycles. The average Bonchev–Trinajstić information content (AvgIpc) is 2.89. The van der Waals surface area contributed by atoms with Gasteiger partial charge < -0.3 is 4.42 Å². The van der Waals surface area contributed by atoms with E-state index in [9.17, 15) is 0 Å². The van der Waals surface area contributed by atoms with Crippen LogP contribution in [-0.2, 0) is 0 Å². The molecule has 1 aromatic heterocycles. The van der Waals surface area contributed by atoms with Crippen LogP contribution in [0.25, 0.3) is 33.1 Å². The molecule has 0 fully saturated rings. The molecule has 0 N–H and O–H groups in total. The predicted molar refractivity (Wildman–Crippen MR) is 99.6 cm³/mol. The van der Waals surface area contributed by atoms with E-state index < -0.39 is 0 Å². The Morgan fingerprint density at radius 1 is 0.857 bits per heavy atom. The average molecular weight is 449 g/mol. The second-order valence-electron chi connectivity index (χ2n) is 4.91. The lowest BCUT2D eigenvalue weighted by Crippen LogP contribution is -1.81. The number of furan rings is 1. The second kappa shape index (κ2) is 5.14. The number of hydrogen-bond donors (Lipinski definition) is 0. The monoisotopic (exact) mass is 448 g/mol. The summed E-state index contributed by atoms with van der Waals surface area (Å²) in [4.78, 5) is 0. The Kier molecular flexibility index (Phi) is 3.27. The lowest BCUT2D eigenvalue weighted by molar-refractivity contribution is 0.670. The Morgan fingerprint density at radius 2 is 1.67 bits per heavy atom. The molecule has 21 heavy (non-hydrogen) atoms. The van der Waals surface area contributed by atoms with Gasteiger partial charge in [0, 0.05) is 24.4 Å². The highest BCUT2D eigenvalue weighted by molar-refractivity contribution is 14.1.